The van der Waals surface area contributed by atoms with E-state index in [0.29, 0.717) is 12.2 Å². The third-order valence-corrected chi connectivity index (χ3v) is 3.16. The zero-order valence-electron chi connectivity index (χ0n) is 9.37. The fourth-order valence-corrected chi connectivity index (χ4v) is 2.38. The summed E-state index contributed by atoms with van der Waals surface area (Å²) in [5.41, 5.74) is 3.13. The molecule has 1 aromatic rings. The number of rotatable bonds is 0. The predicted octanol–water partition coefficient (Wildman–Crippen LogP) is 3.44. The van der Waals surface area contributed by atoms with Crippen molar-refractivity contribution in [2.24, 2.45) is 0 Å². The van der Waals surface area contributed by atoms with Gasteiger partial charge in [-0.3, -0.25) is 0 Å². The van der Waals surface area contributed by atoms with E-state index < -0.39 is 0 Å². The maximum Gasteiger partial charge on any atom is 0.110 e. The van der Waals surface area contributed by atoms with Gasteiger partial charge in [-0.05, 0) is 11.1 Å². The van der Waals surface area contributed by atoms with E-state index in [2.05, 4.69) is 38.1 Å². The van der Waals surface area contributed by atoms with Gasteiger partial charge in [0.25, 0.3) is 0 Å². The standard InChI is InChI=1S/C11H12O.C2H6/c1-11(2)8-6-4-3-5-7(8)9-10(11)12-9;1-2/h3-6,9-10H,1-2H3;1-2H3. The lowest BCUT2D eigenvalue weighted by Crippen LogP contribution is -2.21. The second-order valence-corrected chi connectivity index (χ2v) is 4.29. The molecule has 1 heterocycles. The highest BCUT2D eigenvalue weighted by Gasteiger charge is 2.58. The van der Waals surface area contributed by atoms with E-state index in [1.807, 2.05) is 13.8 Å². The lowest BCUT2D eigenvalue weighted by Gasteiger charge is -2.20. The first-order valence-electron chi connectivity index (χ1n) is 5.46. The van der Waals surface area contributed by atoms with Gasteiger partial charge in [-0.15, -0.1) is 0 Å². The van der Waals surface area contributed by atoms with E-state index in [4.69, 9.17) is 4.74 Å². The smallest absolute Gasteiger partial charge is 0.110 e. The number of ether oxygens (including phenoxy) is 1. The summed E-state index contributed by atoms with van der Waals surface area (Å²) in [5.74, 6) is 0. The average Bonchev–Trinajstić information content (AvgIpc) is 2.97. The Kier molecular flexibility index (Phi) is 2.15. The number of benzene rings is 1. The summed E-state index contributed by atoms with van der Waals surface area (Å²) in [6.45, 7) is 8.53. The zero-order valence-corrected chi connectivity index (χ0v) is 9.37. The number of fused-ring (bicyclic) bond motifs is 3. The van der Waals surface area contributed by atoms with E-state index in [-0.39, 0.29) is 5.41 Å². The third kappa shape index (κ3) is 1.12. The number of epoxide rings is 1. The zero-order chi connectivity index (χ0) is 10.3. The first-order valence-corrected chi connectivity index (χ1v) is 5.46. The normalized spacial score (nSPS) is 29.7. The molecule has 76 valence electrons. The van der Waals surface area contributed by atoms with Gasteiger partial charge in [-0.2, -0.15) is 0 Å². The molecule has 0 amide bonds. The molecular formula is C13H18O. The Morgan fingerprint density at radius 1 is 1.14 bits per heavy atom. The minimum Gasteiger partial charge on any atom is -0.364 e. The second-order valence-electron chi connectivity index (χ2n) is 4.29. The topological polar surface area (TPSA) is 12.5 Å². The summed E-state index contributed by atoms with van der Waals surface area (Å²) in [5, 5.41) is 0. The van der Waals surface area contributed by atoms with Gasteiger partial charge in [0.2, 0.25) is 0 Å². The van der Waals surface area contributed by atoms with Crippen molar-refractivity contribution in [3.05, 3.63) is 35.4 Å². The van der Waals surface area contributed by atoms with E-state index in [9.17, 15) is 0 Å². The van der Waals surface area contributed by atoms with Gasteiger partial charge < -0.3 is 4.74 Å². The van der Waals surface area contributed by atoms with Gasteiger partial charge in [0.15, 0.2) is 0 Å². The minimum absolute atomic E-state index is 0.237. The summed E-state index contributed by atoms with van der Waals surface area (Å²) in [6.07, 6.45) is 0.867. The Hall–Kier alpha value is -0.820. The summed E-state index contributed by atoms with van der Waals surface area (Å²) >= 11 is 0. The molecule has 2 unspecified atom stereocenters. The maximum atomic E-state index is 5.59. The molecule has 0 radical (unpaired) electrons. The Labute approximate surface area is 86.1 Å². The van der Waals surface area contributed by atoms with Crippen LogP contribution in [0.1, 0.15) is 44.9 Å². The van der Waals surface area contributed by atoms with Crippen LogP contribution in [0.15, 0.2) is 24.3 Å². The van der Waals surface area contributed by atoms with Crippen LogP contribution in [0.25, 0.3) is 0 Å². The summed E-state index contributed by atoms with van der Waals surface area (Å²) in [7, 11) is 0. The minimum atomic E-state index is 0.237. The molecule has 2 atom stereocenters. The van der Waals surface area contributed by atoms with Crippen LogP contribution >= 0.6 is 0 Å². The fraction of sp³-hybridized carbons (Fsp3) is 0.538. The summed E-state index contributed by atoms with van der Waals surface area (Å²) < 4.78 is 5.59. The molecule has 14 heavy (non-hydrogen) atoms. The molecule has 1 aliphatic carbocycles. The molecular weight excluding hydrogens is 172 g/mol. The van der Waals surface area contributed by atoms with Gasteiger partial charge >= 0.3 is 0 Å². The van der Waals surface area contributed by atoms with Crippen molar-refractivity contribution in [3.8, 4) is 0 Å². The van der Waals surface area contributed by atoms with E-state index in [1.54, 1.807) is 0 Å². The highest BCUT2D eigenvalue weighted by atomic mass is 16.6. The van der Waals surface area contributed by atoms with Crippen LogP contribution in [0.3, 0.4) is 0 Å². The van der Waals surface area contributed by atoms with Crippen LogP contribution in [-0.2, 0) is 10.2 Å². The Balaban J connectivity index is 0.000000354. The van der Waals surface area contributed by atoms with Gasteiger partial charge in [-0.25, -0.2) is 0 Å². The monoisotopic (exact) mass is 190 g/mol. The first-order chi connectivity index (χ1) is 6.71. The third-order valence-electron chi connectivity index (χ3n) is 3.16. The Bertz CT molecular complexity index is 341. The van der Waals surface area contributed by atoms with Crippen LogP contribution in [0, 0.1) is 0 Å². The molecule has 1 nitrogen and oxygen atoms in total. The van der Waals surface area contributed by atoms with Crippen molar-refractivity contribution in [2.45, 2.75) is 45.3 Å². The lowest BCUT2D eigenvalue weighted by atomic mass is 9.85. The van der Waals surface area contributed by atoms with Crippen molar-refractivity contribution in [3.63, 3.8) is 0 Å². The van der Waals surface area contributed by atoms with Crippen molar-refractivity contribution >= 4 is 0 Å². The van der Waals surface area contributed by atoms with Crippen molar-refractivity contribution in [1.82, 2.24) is 0 Å². The Morgan fingerprint density at radius 3 is 2.43 bits per heavy atom. The van der Waals surface area contributed by atoms with Crippen LogP contribution in [-0.4, -0.2) is 6.10 Å². The quantitative estimate of drug-likeness (QED) is 0.571. The fourth-order valence-electron chi connectivity index (χ4n) is 2.38. The molecule has 2 aliphatic rings. The lowest BCUT2D eigenvalue weighted by molar-refractivity contribution is 0.292. The highest BCUT2D eigenvalue weighted by Crippen LogP contribution is 2.58. The maximum absolute atomic E-state index is 5.59. The molecule has 1 heteroatoms. The van der Waals surface area contributed by atoms with Crippen LogP contribution in [0.5, 0.6) is 0 Å². The molecule has 0 saturated carbocycles. The molecule has 1 aromatic carbocycles. The largest absolute Gasteiger partial charge is 0.364 e. The van der Waals surface area contributed by atoms with Crippen molar-refractivity contribution in [2.75, 3.05) is 0 Å². The van der Waals surface area contributed by atoms with Crippen molar-refractivity contribution in [1.29, 1.82) is 0 Å². The van der Waals surface area contributed by atoms with Gasteiger partial charge in [-0.1, -0.05) is 52.0 Å². The van der Waals surface area contributed by atoms with Gasteiger partial charge in [0.1, 0.15) is 6.10 Å². The first kappa shape index (κ1) is 9.72. The van der Waals surface area contributed by atoms with E-state index in [1.165, 1.54) is 11.1 Å². The van der Waals surface area contributed by atoms with Crippen molar-refractivity contribution < 1.29 is 4.74 Å². The SMILES string of the molecule is CC.CC1(C)c2ccccc2C2OC21. The summed E-state index contributed by atoms with van der Waals surface area (Å²) in [4.78, 5) is 0. The van der Waals surface area contributed by atoms with Crippen LogP contribution in [0.2, 0.25) is 0 Å². The molecule has 1 saturated heterocycles. The second kappa shape index (κ2) is 3.09. The van der Waals surface area contributed by atoms with Gasteiger partial charge in [0, 0.05) is 5.41 Å². The molecule has 0 bridgehead atoms. The number of hydrogen-bond donors (Lipinski definition) is 0. The van der Waals surface area contributed by atoms with Gasteiger partial charge in [0.05, 0.1) is 6.10 Å². The Morgan fingerprint density at radius 2 is 1.79 bits per heavy atom. The molecule has 1 aliphatic heterocycles. The molecule has 0 spiro atoms. The average molecular weight is 190 g/mol. The molecule has 1 fully saturated rings. The summed E-state index contributed by atoms with van der Waals surface area (Å²) in [6, 6.07) is 8.63. The van der Waals surface area contributed by atoms with E-state index in [0.717, 1.165) is 0 Å². The predicted molar refractivity (Wildman–Crippen MR) is 58.4 cm³/mol. The molecule has 0 aromatic heterocycles. The van der Waals surface area contributed by atoms with Crippen LogP contribution in [0.4, 0.5) is 0 Å². The highest BCUT2D eigenvalue weighted by molar-refractivity contribution is 5.46. The van der Waals surface area contributed by atoms with E-state index >= 15 is 0 Å². The molecule has 3 rings (SSSR count). The van der Waals surface area contributed by atoms with Crippen LogP contribution < -0.4 is 0 Å². The molecule has 0 N–H and O–H groups in total. The number of hydrogen-bond acceptors (Lipinski definition) is 1.